The molecule has 2 aliphatic rings. The van der Waals surface area contributed by atoms with Gasteiger partial charge in [0, 0.05) is 17.7 Å². The van der Waals surface area contributed by atoms with E-state index in [0.717, 1.165) is 29.8 Å². The van der Waals surface area contributed by atoms with Crippen LogP contribution in [0.5, 0.6) is 5.75 Å². The van der Waals surface area contributed by atoms with Gasteiger partial charge in [0.15, 0.2) is 0 Å². The second kappa shape index (κ2) is 5.49. The average Bonchev–Trinajstić information content (AvgIpc) is 3.24. The molecule has 5 rings (SSSR count). The molecule has 122 valence electrons. The van der Waals surface area contributed by atoms with Crippen LogP contribution in [-0.2, 0) is 12.8 Å². The van der Waals surface area contributed by atoms with Gasteiger partial charge in [0.25, 0.3) is 5.91 Å². The monoisotopic (exact) mass is 327 g/mol. The van der Waals surface area contributed by atoms with Crippen LogP contribution in [0.4, 0.5) is 5.69 Å². The fourth-order valence-electron chi connectivity index (χ4n) is 3.75. The van der Waals surface area contributed by atoms with Crippen molar-refractivity contribution in [2.24, 2.45) is 0 Å². The molecule has 1 aliphatic carbocycles. The first-order chi connectivity index (χ1) is 12.3. The number of benzene rings is 3. The Kier molecular flexibility index (Phi) is 3.14. The molecular weight excluding hydrogens is 310 g/mol. The maximum Gasteiger partial charge on any atom is 0.255 e. The smallest absolute Gasteiger partial charge is 0.255 e. The van der Waals surface area contributed by atoms with E-state index < -0.39 is 0 Å². The molecule has 1 amide bonds. The van der Waals surface area contributed by atoms with Crippen molar-refractivity contribution in [1.82, 2.24) is 0 Å². The first-order valence-electron chi connectivity index (χ1n) is 8.56. The van der Waals surface area contributed by atoms with Crippen LogP contribution in [0.2, 0.25) is 0 Å². The number of fused-ring (bicyclic) bond motifs is 4. The standard InChI is InChI=1S/C22H17NO2/c24-22(16-5-8-21-15(12-16)9-10-25-21)23-18-6-7-20-17(13-18)11-14-3-1-2-4-19(14)20/h1-8,12-13H,9-11H2,(H,23,24). The van der Waals surface area contributed by atoms with Gasteiger partial charge in [0.05, 0.1) is 6.61 Å². The third-order valence-electron chi connectivity index (χ3n) is 5.00. The van der Waals surface area contributed by atoms with Crippen LogP contribution < -0.4 is 10.1 Å². The average molecular weight is 327 g/mol. The number of hydrogen-bond acceptors (Lipinski definition) is 2. The zero-order valence-corrected chi connectivity index (χ0v) is 13.7. The summed E-state index contributed by atoms with van der Waals surface area (Å²) in [5, 5.41) is 3.03. The van der Waals surface area contributed by atoms with Gasteiger partial charge in [-0.25, -0.2) is 0 Å². The van der Waals surface area contributed by atoms with E-state index in [1.807, 2.05) is 24.3 Å². The van der Waals surface area contributed by atoms with Crippen molar-refractivity contribution >= 4 is 11.6 Å². The summed E-state index contributed by atoms with van der Waals surface area (Å²) in [6.45, 7) is 0.700. The Morgan fingerprint density at radius 1 is 0.880 bits per heavy atom. The van der Waals surface area contributed by atoms with Gasteiger partial charge >= 0.3 is 0 Å². The SMILES string of the molecule is O=C(Nc1ccc2c(c1)Cc1ccccc1-2)c1ccc2c(c1)CCO2. The molecule has 1 aliphatic heterocycles. The molecule has 3 aromatic carbocycles. The number of hydrogen-bond donors (Lipinski definition) is 1. The third kappa shape index (κ3) is 2.40. The number of carbonyl (C=O) groups is 1. The summed E-state index contributed by atoms with van der Waals surface area (Å²) in [7, 11) is 0. The topological polar surface area (TPSA) is 38.3 Å². The molecule has 3 nitrogen and oxygen atoms in total. The zero-order valence-electron chi connectivity index (χ0n) is 13.7. The van der Waals surface area contributed by atoms with Crippen LogP contribution in [0.15, 0.2) is 60.7 Å². The molecule has 3 heteroatoms. The Labute approximate surface area is 146 Å². The summed E-state index contributed by atoms with van der Waals surface area (Å²) >= 11 is 0. The highest BCUT2D eigenvalue weighted by Gasteiger charge is 2.19. The Hall–Kier alpha value is -3.07. The van der Waals surface area contributed by atoms with Crippen LogP contribution in [0, 0.1) is 0 Å². The van der Waals surface area contributed by atoms with Crippen LogP contribution in [0.3, 0.4) is 0 Å². The van der Waals surface area contributed by atoms with E-state index in [2.05, 4.69) is 41.7 Å². The molecule has 0 atom stereocenters. The van der Waals surface area contributed by atoms with E-state index in [1.54, 1.807) is 0 Å². The summed E-state index contributed by atoms with van der Waals surface area (Å²) in [5.74, 6) is 0.817. The largest absolute Gasteiger partial charge is 0.493 e. The van der Waals surface area contributed by atoms with E-state index in [-0.39, 0.29) is 5.91 Å². The highest BCUT2D eigenvalue weighted by molar-refractivity contribution is 6.04. The van der Waals surface area contributed by atoms with Gasteiger partial charge in [-0.2, -0.15) is 0 Å². The molecule has 0 fully saturated rings. The molecule has 0 bridgehead atoms. The predicted molar refractivity (Wildman–Crippen MR) is 98.3 cm³/mol. The first kappa shape index (κ1) is 14.3. The highest BCUT2D eigenvalue weighted by atomic mass is 16.5. The third-order valence-corrected chi connectivity index (χ3v) is 5.00. The maximum atomic E-state index is 12.6. The summed E-state index contributed by atoms with van der Waals surface area (Å²) < 4.78 is 5.50. The van der Waals surface area contributed by atoms with Gasteiger partial charge in [-0.15, -0.1) is 0 Å². The van der Waals surface area contributed by atoms with Gasteiger partial charge in [-0.05, 0) is 64.6 Å². The molecule has 1 heterocycles. The lowest BCUT2D eigenvalue weighted by atomic mass is 10.1. The lowest BCUT2D eigenvalue weighted by Gasteiger charge is -2.09. The Morgan fingerprint density at radius 2 is 1.76 bits per heavy atom. The first-order valence-corrected chi connectivity index (χ1v) is 8.56. The summed E-state index contributed by atoms with van der Waals surface area (Å²) in [6.07, 6.45) is 1.79. The Bertz CT molecular complexity index is 1010. The second-order valence-corrected chi connectivity index (χ2v) is 6.58. The van der Waals surface area contributed by atoms with Crippen LogP contribution >= 0.6 is 0 Å². The molecule has 0 unspecified atom stereocenters. The lowest BCUT2D eigenvalue weighted by Crippen LogP contribution is -2.12. The van der Waals surface area contributed by atoms with Gasteiger partial charge in [-0.1, -0.05) is 30.3 Å². The fraction of sp³-hybridized carbons (Fsp3) is 0.136. The van der Waals surface area contributed by atoms with E-state index in [9.17, 15) is 4.79 Å². The molecule has 3 aromatic rings. The molecule has 0 spiro atoms. The van der Waals surface area contributed by atoms with Crippen molar-refractivity contribution in [2.75, 3.05) is 11.9 Å². The lowest BCUT2D eigenvalue weighted by molar-refractivity contribution is 0.102. The Morgan fingerprint density at radius 3 is 2.72 bits per heavy atom. The van der Waals surface area contributed by atoms with Gasteiger partial charge < -0.3 is 10.1 Å². The zero-order chi connectivity index (χ0) is 16.8. The van der Waals surface area contributed by atoms with Crippen LogP contribution in [-0.4, -0.2) is 12.5 Å². The highest BCUT2D eigenvalue weighted by Crippen LogP contribution is 2.37. The van der Waals surface area contributed by atoms with Crippen LogP contribution in [0.1, 0.15) is 27.0 Å². The number of rotatable bonds is 2. The fourth-order valence-corrected chi connectivity index (χ4v) is 3.75. The quantitative estimate of drug-likeness (QED) is 0.591. The minimum atomic E-state index is -0.0786. The van der Waals surface area contributed by atoms with Gasteiger partial charge in [-0.3, -0.25) is 4.79 Å². The minimum absolute atomic E-state index is 0.0786. The molecular formula is C22H17NO2. The van der Waals surface area contributed by atoms with E-state index in [0.29, 0.717) is 12.2 Å². The summed E-state index contributed by atoms with van der Waals surface area (Å²) in [5.41, 5.74) is 7.80. The van der Waals surface area contributed by atoms with Crippen molar-refractivity contribution in [1.29, 1.82) is 0 Å². The van der Waals surface area contributed by atoms with E-state index in [4.69, 9.17) is 4.74 Å². The second-order valence-electron chi connectivity index (χ2n) is 6.58. The number of anilines is 1. The molecule has 25 heavy (non-hydrogen) atoms. The van der Waals surface area contributed by atoms with Crippen molar-refractivity contribution in [3.05, 3.63) is 82.9 Å². The van der Waals surface area contributed by atoms with Crippen molar-refractivity contribution < 1.29 is 9.53 Å². The maximum absolute atomic E-state index is 12.6. The number of carbonyl (C=O) groups excluding carboxylic acids is 1. The minimum Gasteiger partial charge on any atom is -0.493 e. The molecule has 0 radical (unpaired) electrons. The predicted octanol–water partition coefficient (Wildman–Crippen LogP) is 4.45. The number of ether oxygens (including phenoxy) is 1. The molecule has 0 saturated heterocycles. The van der Waals surface area contributed by atoms with Crippen molar-refractivity contribution in [2.45, 2.75) is 12.8 Å². The summed E-state index contributed by atoms with van der Waals surface area (Å²) in [6, 6.07) is 20.3. The van der Waals surface area contributed by atoms with Crippen molar-refractivity contribution in [3.63, 3.8) is 0 Å². The molecule has 0 aromatic heterocycles. The summed E-state index contributed by atoms with van der Waals surface area (Å²) in [4.78, 5) is 12.6. The van der Waals surface area contributed by atoms with Gasteiger partial charge in [0.1, 0.15) is 5.75 Å². The Balaban J connectivity index is 1.40. The number of amides is 1. The van der Waals surface area contributed by atoms with Crippen LogP contribution in [0.25, 0.3) is 11.1 Å². The molecule has 0 saturated carbocycles. The van der Waals surface area contributed by atoms with Crippen molar-refractivity contribution in [3.8, 4) is 16.9 Å². The van der Waals surface area contributed by atoms with E-state index >= 15 is 0 Å². The number of nitrogens with one attached hydrogen (secondary N) is 1. The van der Waals surface area contributed by atoms with E-state index in [1.165, 1.54) is 22.3 Å². The van der Waals surface area contributed by atoms with Gasteiger partial charge in [0.2, 0.25) is 0 Å². The normalized spacial score (nSPS) is 13.6. The molecule has 1 N–H and O–H groups in total.